The number of ether oxygens (including phenoxy) is 2. The first kappa shape index (κ1) is 27.7. The first-order valence-electron chi connectivity index (χ1n) is 12.7. The first-order chi connectivity index (χ1) is 19.4. The van der Waals surface area contributed by atoms with Crippen LogP contribution in [0.25, 0.3) is 0 Å². The number of aliphatic imine (C=N–C) groups is 1. The van der Waals surface area contributed by atoms with Gasteiger partial charge in [0.2, 0.25) is 0 Å². The zero-order valence-corrected chi connectivity index (χ0v) is 23.6. The molecule has 5 rings (SSSR count). The highest BCUT2D eigenvalue weighted by molar-refractivity contribution is 9.10. The van der Waals surface area contributed by atoms with Gasteiger partial charge in [0.15, 0.2) is 11.7 Å². The maximum atomic E-state index is 14.8. The number of amidine groups is 1. The van der Waals surface area contributed by atoms with Crippen LogP contribution in [0.15, 0.2) is 81.5 Å². The fourth-order valence-electron chi connectivity index (χ4n) is 4.96. The zero-order chi connectivity index (χ0) is 28.2. The minimum Gasteiger partial charge on any atom is -0.495 e. The number of para-hydroxylation sites is 2. The van der Waals surface area contributed by atoms with Crippen molar-refractivity contribution in [1.82, 2.24) is 15.2 Å². The lowest BCUT2D eigenvalue weighted by Gasteiger charge is -2.38. The van der Waals surface area contributed by atoms with Crippen LogP contribution in [0.5, 0.6) is 5.75 Å². The molecule has 0 radical (unpaired) electrons. The van der Waals surface area contributed by atoms with Crippen LogP contribution in [0.4, 0.5) is 14.5 Å². The molecule has 208 valence electrons. The minimum atomic E-state index is -0.884. The number of nitrogens with one attached hydrogen (secondary N) is 1. The molecule has 0 saturated carbocycles. The quantitative estimate of drug-likeness (QED) is 0.395. The third-order valence-corrected chi connectivity index (χ3v) is 7.64. The molecule has 1 aromatic heterocycles. The summed E-state index contributed by atoms with van der Waals surface area (Å²) in [7, 11) is 2.96. The summed E-state index contributed by atoms with van der Waals surface area (Å²) in [4.78, 5) is 26.5. The lowest BCUT2D eigenvalue weighted by atomic mass is 9.95. The van der Waals surface area contributed by atoms with Crippen LogP contribution in [0, 0.1) is 11.6 Å². The van der Waals surface area contributed by atoms with E-state index in [0.29, 0.717) is 35.4 Å². The second-order valence-corrected chi connectivity index (χ2v) is 10.2. The average Bonchev–Trinajstić information content (AvgIpc) is 2.97. The van der Waals surface area contributed by atoms with Gasteiger partial charge in [-0.3, -0.25) is 9.89 Å². The summed E-state index contributed by atoms with van der Waals surface area (Å²) in [5, 5.41) is 3.18. The number of benzene rings is 2. The van der Waals surface area contributed by atoms with Gasteiger partial charge in [-0.1, -0.05) is 34.1 Å². The van der Waals surface area contributed by atoms with Gasteiger partial charge < -0.3 is 19.7 Å². The molecule has 0 aliphatic carbocycles. The second-order valence-electron chi connectivity index (χ2n) is 9.32. The minimum absolute atomic E-state index is 0.0214. The molecule has 1 saturated heterocycles. The molecule has 3 heterocycles. The maximum absolute atomic E-state index is 14.8. The molecule has 2 aliphatic heterocycles. The Morgan fingerprint density at radius 3 is 2.55 bits per heavy atom. The molecule has 11 heteroatoms. The molecular weight excluding hydrogens is 584 g/mol. The summed E-state index contributed by atoms with van der Waals surface area (Å²) >= 11 is 3.41. The number of anilines is 1. The molecule has 2 aromatic carbocycles. The molecule has 40 heavy (non-hydrogen) atoms. The average molecular weight is 612 g/mol. The molecule has 0 bridgehead atoms. The standard InChI is InChI=1S/C29H28BrF2N5O3/c1-39-24-8-4-3-7-23(24)37-14-12-36(13-15-37)17-22-25(29(38)40-2)26(19-10-9-18(31)16-20(19)30)35-28(34-22)27-21(32)6-5-11-33-27/h3-11,16,26H,12-15,17H2,1-2H3,(H,34,35). The highest BCUT2D eigenvalue weighted by Crippen LogP contribution is 2.37. The topological polar surface area (TPSA) is 79.3 Å². The summed E-state index contributed by atoms with van der Waals surface area (Å²) in [6.07, 6.45) is 1.47. The van der Waals surface area contributed by atoms with Crippen molar-refractivity contribution in [2.75, 3.05) is 51.8 Å². The molecular formula is C29H28BrF2N5O3. The van der Waals surface area contributed by atoms with Crippen LogP contribution in [-0.2, 0) is 9.53 Å². The fourth-order valence-corrected chi connectivity index (χ4v) is 5.53. The highest BCUT2D eigenvalue weighted by atomic mass is 79.9. The predicted octanol–water partition coefficient (Wildman–Crippen LogP) is 4.47. The van der Waals surface area contributed by atoms with E-state index >= 15 is 0 Å². The second kappa shape index (κ2) is 12.1. The van der Waals surface area contributed by atoms with Crippen molar-refractivity contribution in [3.05, 3.63) is 99.4 Å². The number of carbonyl (C=O) groups is 1. The van der Waals surface area contributed by atoms with Crippen LogP contribution >= 0.6 is 15.9 Å². The zero-order valence-electron chi connectivity index (χ0n) is 22.0. The van der Waals surface area contributed by atoms with Crippen molar-refractivity contribution in [3.63, 3.8) is 0 Å². The normalized spacial score (nSPS) is 17.8. The van der Waals surface area contributed by atoms with E-state index in [9.17, 15) is 13.6 Å². The molecule has 1 unspecified atom stereocenters. The lowest BCUT2D eigenvalue weighted by Crippen LogP contribution is -2.49. The Hall–Kier alpha value is -3.83. The van der Waals surface area contributed by atoms with E-state index in [0.717, 1.165) is 24.5 Å². The Kier molecular flexibility index (Phi) is 8.41. The van der Waals surface area contributed by atoms with Crippen LogP contribution < -0.4 is 15.0 Å². The summed E-state index contributed by atoms with van der Waals surface area (Å²) < 4.78 is 39.9. The van der Waals surface area contributed by atoms with Gasteiger partial charge in [-0.2, -0.15) is 0 Å². The Morgan fingerprint density at radius 1 is 1.07 bits per heavy atom. The molecule has 1 fully saturated rings. The van der Waals surface area contributed by atoms with Crippen molar-refractivity contribution in [3.8, 4) is 5.75 Å². The lowest BCUT2D eigenvalue weighted by molar-refractivity contribution is -0.136. The molecule has 0 amide bonds. The van der Waals surface area contributed by atoms with Gasteiger partial charge in [0, 0.05) is 49.1 Å². The number of rotatable bonds is 7. The smallest absolute Gasteiger partial charge is 0.338 e. The number of carbonyl (C=O) groups excluding carboxylic acids is 1. The third-order valence-electron chi connectivity index (χ3n) is 6.95. The van der Waals surface area contributed by atoms with Crippen LogP contribution in [0.3, 0.4) is 0 Å². The van der Waals surface area contributed by atoms with Crippen molar-refractivity contribution in [1.29, 1.82) is 0 Å². The Balaban J connectivity index is 1.49. The monoisotopic (exact) mass is 611 g/mol. The number of hydrogen-bond acceptors (Lipinski definition) is 8. The molecule has 8 nitrogen and oxygen atoms in total. The van der Waals surface area contributed by atoms with Crippen molar-refractivity contribution in [2.45, 2.75) is 6.04 Å². The fraction of sp³-hybridized carbons (Fsp3) is 0.276. The van der Waals surface area contributed by atoms with E-state index in [4.69, 9.17) is 9.47 Å². The van der Waals surface area contributed by atoms with Gasteiger partial charge in [0.05, 0.1) is 25.5 Å². The van der Waals surface area contributed by atoms with E-state index in [2.05, 4.69) is 41.0 Å². The van der Waals surface area contributed by atoms with E-state index in [1.807, 2.05) is 24.3 Å². The largest absolute Gasteiger partial charge is 0.495 e. The Morgan fingerprint density at radius 2 is 1.85 bits per heavy atom. The van der Waals surface area contributed by atoms with Crippen molar-refractivity contribution in [2.24, 2.45) is 4.99 Å². The molecule has 3 aromatic rings. The predicted molar refractivity (Wildman–Crippen MR) is 151 cm³/mol. The van der Waals surface area contributed by atoms with Gasteiger partial charge in [-0.25, -0.2) is 18.6 Å². The number of pyridine rings is 1. The summed E-state index contributed by atoms with van der Waals surface area (Å²) in [6.45, 7) is 3.24. The number of esters is 1. The third kappa shape index (κ3) is 5.71. The number of aromatic nitrogens is 1. The van der Waals surface area contributed by atoms with E-state index in [1.54, 1.807) is 13.2 Å². The molecule has 0 spiro atoms. The summed E-state index contributed by atoms with van der Waals surface area (Å²) in [5.41, 5.74) is 2.37. The Bertz CT molecular complexity index is 1470. The Labute approximate surface area is 239 Å². The van der Waals surface area contributed by atoms with Gasteiger partial charge in [0.25, 0.3) is 0 Å². The van der Waals surface area contributed by atoms with Crippen LogP contribution in [0.2, 0.25) is 0 Å². The summed E-state index contributed by atoms with van der Waals surface area (Å²) in [6, 6.07) is 13.9. The first-order valence-corrected chi connectivity index (χ1v) is 13.5. The number of methoxy groups -OCH3 is 2. The number of piperazine rings is 1. The van der Waals surface area contributed by atoms with E-state index < -0.39 is 23.6 Å². The maximum Gasteiger partial charge on any atom is 0.338 e. The molecule has 1 N–H and O–H groups in total. The number of nitrogens with zero attached hydrogens (tertiary/aromatic N) is 4. The molecule has 2 aliphatic rings. The van der Waals surface area contributed by atoms with E-state index in [1.165, 1.54) is 37.6 Å². The summed E-state index contributed by atoms with van der Waals surface area (Å²) in [5.74, 6) is -0.597. The van der Waals surface area contributed by atoms with Gasteiger partial charge in [0.1, 0.15) is 23.3 Å². The highest BCUT2D eigenvalue weighted by Gasteiger charge is 2.35. The SMILES string of the molecule is COC(=O)C1=C(CN2CCN(c3ccccc3OC)CC2)NC(c2ncccc2F)=NC1c1ccc(F)cc1Br. The van der Waals surface area contributed by atoms with Crippen LogP contribution in [0.1, 0.15) is 17.3 Å². The van der Waals surface area contributed by atoms with Gasteiger partial charge >= 0.3 is 5.97 Å². The van der Waals surface area contributed by atoms with Crippen molar-refractivity contribution < 1.29 is 23.0 Å². The number of hydrogen-bond donors (Lipinski definition) is 1. The van der Waals surface area contributed by atoms with Crippen LogP contribution in [-0.4, -0.2) is 68.6 Å². The number of halogens is 3. The molecule has 1 atom stereocenters. The van der Waals surface area contributed by atoms with E-state index in [-0.39, 0.29) is 17.1 Å². The van der Waals surface area contributed by atoms with Gasteiger partial charge in [-0.05, 0) is 42.0 Å². The van der Waals surface area contributed by atoms with Crippen molar-refractivity contribution >= 4 is 33.4 Å². The van der Waals surface area contributed by atoms with Gasteiger partial charge in [-0.15, -0.1) is 0 Å².